The van der Waals surface area contributed by atoms with Crippen molar-refractivity contribution < 1.29 is 15.1 Å². The van der Waals surface area contributed by atoms with Crippen LogP contribution in [0.15, 0.2) is 0 Å². The molecule has 0 aromatic heterocycles. The lowest BCUT2D eigenvalue weighted by atomic mass is 10.4. The zero-order valence-electron chi connectivity index (χ0n) is 4.07. The molecule has 0 spiro atoms. The van der Waals surface area contributed by atoms with Gasteiger partial charge in [-0.3, -0.25) is 0 Å². The van der Waals surface area contributed by atoms with Gasteiger partial charge in [-0.05, 0) is 0 Å². The van der Waals surface area contributed by atoms with E-state index in [-0.39, 0.29) is 0 Å². The molecule has 5 heteroatoms. The van der Waals surface area contributed by atoms with Crippen LogP contribution in [0.2, 0.25) is 0 Å². The number of aliphatic hydroxyl groups is 2. The molecule has 0 fully saturated rings. The molecule has 0 radical (unpaired) electrons. The van der Waals surface area contributed by atoms with E-state index in [0.717, 1.165) is 0 Å². The summed E-state index contributed by atoms with van der Waals surface area (Å²) in [6.07, 6.45) is 0. The smallest absolute Gasteiger partial charge is 0.226 e. The molecule has 0 aromatic carbocycles. The second kappa shape index (κ2) is 3.23. The SMILES string of the molecule is [O-][N+]([O-])=C(CO)CO. The van der Waals surface area contributed by atoms with Crippen LogP contribution in [0.3, 0.4) is 0 Å². The highest BCUT2D eigenvalue weighted by Crippen LogP contribution is 1.72. The van der Waals surface area contributed by atoms with E-state index in [9.17, 15) is 10.4 Å². The average molecular weight is 120 g/mol. The van der Waals surface area contributed by atoms with Crippen LogP contribution in [0.5, 0.6) is 0 Å². The predicted molar refractivity (Wildman–Crippen MR) is 26.2 cm³/mol. The fourth-order valence-corrected chi connectivity index (χ4v) is 0.165. The molecule has 0 bridgehead atoms. The van der Waals surface area contributed by atoms with Gasteiger partial charge in [0, 0.05) is 0 Å². The lowest BCUT2D eigenvalue weighted by Crippen LogP contribution is -2.18. The number of hydrogen-bond acceptors (Lipinski definition) is 4. The van der Waals surface area contributed by atoms with Gasteiger partial charge in [-0.25, -0.2) is 0 Å². The summed E-state index contributed by atoms with van der Waals surface area (Å²) in [4.78, 5) is -0.806. The first kappa shape index (κ1) is 7.19. The predicted octanol–water partition coefficient (Wildman–Crippen LogP) is -1.58. The zero-order chi connectivity index (χ0) is 6.57. The Labute approximate surface area is 45.7 Å². The first-order valence-corrected chi connectivity index (χ1v) is 1.93. The minimum atomic E-state index is -0.806. The molecule has 0 unspecified atom stereocenters. The van der Waals surface area contributed by atoms with Crippen LogP contribution in [-0.4, -0.2) is 34.0 Å². The number of aliphatic hydroxyl groups excluding tert-OH is 2. The van der Waals surface area contributed by atoms with Crippen LogP contribution in [0.4, 0.5) is 0 Å². The maximum atomic E-state index is 9.61. The fraction of sp³-hybridized carbons (Fsp3) is 0.667. The largest absolute Gasteiger partial charge is 0.612 e. The standard InChI is InChI=1S/C3H6NO4/c5-1-3(2-6)4(7)8/h5-6H,1-2H2/q-1. The Bertz CT molecular complexity index is 89.5. The van der Waals surface area contributed by atoms with E-state index < -0.39 is 23.8 Å². The average Bonchev–Trinajstić information content (AvgIpc) is 1.69. The van der Waals surface area contributed by atoms with Crippen molar-refractivity contribution in [2.75, 3.05) is 13.2 Å². The first-order chi connectivity index (χ1) is 3.72. The van der Waals surface area contributed by atoms with Crippen molar-refractivity contribution in [1.82, 2.24) is 0 Å². The summed E-state index contributed by atoms with van der Waals surface area (Å²) in [7, 11) is 0. The van der Waals surface area contributed by atoms with Gasteiger partial charge in [0.15, 0.2) is 0 Å². The maximum absolute atomic E-state index is 9.61. The lowest BCUT2D eigenvalue weighted by Gasteiger charge is -2.05. The van der Waals surface area contributed by atoms with Crippen molar-refractivity contribution in [3.8, 4) is 0 Å². The third-order valence-electron chi connectivity index (χ3n) is 0.623. The minimum absolute atomic E-state index is 0.481. The molecule has 0 aliphatic heterocycles. The van der Waals surface area contributed by atoms with Gasteiger partial charge >= 0.3 is 0 Å². The van der Waals surface area contributed by atoms with Gasteiger partial charge in [-0.15, -0.1) is 0 Å². The van der Waals surface area contributed by atoms with E-state index in [0.29, 0.717) is 0 Å². The molecule has 0 aliphatic rings. The van der Waals surface area contributed by atoms with E-state index in [1.807, 2.05) is 0 Å². The molecule has 2 N–H and O–H groups in total. The van der Waals surface area contributed by atoms with Crippen LogP contribution >= 0.6 is 0 Å². The molecule has 0 saturated heterocycles. The Morgan fingerprint density at radius 1 is 1.25 bits per heavy atom. The van der Waals surface area contributed by atoms with Crippen molar-refractivity contribution in [1.29, 1.82) is 0 Å². The van der Waals surface area contributed by atoms with E-state index in [1.165, 1.54) is 0 Å². The highest BCUT2D eigenvalue weighted by atomic mass is 16.8. The Morgan fingerprint density at radius 2 is 1.62 bits per heavy atom. The Balaban J connectivity index is 3.86. The molecule has 0 aliphatic carbocycles. The Kier molecular flexibility index (Phi) is 2.90. The molecule has 8 heavy (non-hydrogen) atoms. The van der Waals surface area contributed by atoms with Gasteiger partial charge in [-0.1, -0.05) is 0 Å². The molecule has 48 valence electrons. The molecule has 0 amide bonds. The highest BCUT2D eigenvalue weighted by molar-refractivity contribution is 5.81. The van der Waals surface area contributed by atoms with Crippen molar-refractivity contribution in [2.24, 2.45) is 0 Å². The third kappa shape index (κ3) is 1.76. The Hall–Kier alpha value is -0.810. The molecular formula is C3H6NO4-. The van der Waals surface area contributed by atoms with E-state index in [2.05, 4.69) is 0 Å². The summed E-state index contributed by atoms with van der Waals surface area (Å²) < 4.78 is 0. The number of hydrogen-bond donors (Lipinski definition) is 2. The summed E-state index contributed by atoms with van der Waals surface area (Å²) >= 11 is 0. The van der Waals surface area contributed by atoms with Gasteiger partial charge in [-0.2, -0.15) is 4.90 Å². The minimum Gasteiger partial charge on any atom is -0.612 e. The molecule has 0 saturated carbocycles. The van der Waals surface area contributed by atoms with Gasteiger partial charge in [0.2, 0.25) is 5.71 Å². The Morgan fingerprint density at radius 3 is 1.62 bits per heavy atom. The van der Waals surface area contributed by atoms with Crippen LogP contribution in [0.1, 0.15) is 0 Å². The van der Waals surface area contributed by atoms with Gasteiger partial charge in [0.05, 0.1) is 0 Å². The van der Waals surface area contributed by atoms with Crippen molar-refractivity contribution >= 4 is 5.71 Å². The fourth-order valence-electron chi connectivity index (χ4n) is 0.165. The first-order valence-electron chi connectivity index (χ1n) is 1.93. The molecule has 0 aromatic rings. The summed E-state index contributed by atoms with van der Waals surface area (Å²) in [5.74, 6) is 0. The van der Waals surface area contributed by atoms with Crippen LogP contribution in [0, 0.1) is 10.4 Å². The van der Waals surface area contributed by atoms with Gasteiger partial charge in [0.25, 0.3) is 0 Å². The second-order valence-electron chi connectivity index (χ2n) is 1.14. The zero-order valence-corrected chi connectivity index (χ0v) is 4.07. The summed E-state index contributed by atoms with van der Waals surface area (Å²) in [6.45, 7) is -1.38. The molecule has 0 heterocycles. The number of nitrogens with zero attached hydrogens (tertiary/aromatic N) is 1. The molecular weight excluding hydrogens is 114 g/mol. The van der Waals surface area contributed by atoms with Crippen LogP contribution in [0.25, 0.3) is 0 Å². The van der Waals surface area contributed by atoms with E-state index >= 15 is 0 Å². The van der Waals surface area contributed by atoms with Crippen molar-refractivity contribution in [3.05, 3.63) is 10.4 Å². The summed E-state index contributed by atoms with van der Waals surface area (Å²) in [6, 6.07) is 0. The van der Waals surface area contributed by atoms with Gasteiger partial charge < -0.3 is 20.6 Å². The third-order valence-corrected chi connectivity index (χ3v) is 0.623. The molecule has 0 atom stereocenters. The van der Waals surface area contributed by atoms with E-state index in [4.69, 9.17) is 10.2 Å². The summed E-state index contributed by atoms with van der Waals surface area (Å²) in [5, 5.41) is 35.3. The second-order valence-corrected chi connectivity index (χ2v) is 1.14. The number of rotatable bonds is 2. The topological polar surface area (TPSA) is 89.6 Å². The summed E-state index contributed by atoms with van der Waals surface area (Å²) in [5.41, 5.74) is -0.481. The lowest BCUT2D eigenvalue weighted by molar-refractivity contribution is -0.383. The monoisotopic (exact) mass is 120 g/mol. The molecule has 5 nitrogen and oxygen atoms in total. The van der Waals surface area contributed by atoms with Crippen LogP contribution < -0.4 is 0 Å². The van der Waals surface area contributed by atoms with E-state index in [1.54, 1.807) is 0 Å². The normalized spacial score (nSPS) is 8.75. The van der Waals surface area contributed by atoms with Gasteiger partial charge in [0.1, 0.15) is 13.2 Å². The quantitative estimate of drug-likeness (QED) is 0.261. The molecule has 0 rings (SSSR count). The van der Waals surface area contributed by atoms with Crippen LogP contribution in [-0.2, 0) is 0 Å². The maximum Gasteiger partial charge on any atom is 0.226 e. The van der Waals surface area contributed by atoms with Crippen molar-refractivity contribution in [2.45, 2.75) is 0 Å². The van der Waals surface area contributed by atoms with Crippen molar-refractivity contribution in [3.63, 3.8) is 0 Å². The highest BCUT2D eigenvalue weighted by Gasteiger charge is 1.99.